The molecule has 110 valence electrons. The predicted molar refractivity (Wildman–Crippen MR) is 83.1 cm³/mol. The number of aryl methyl sites for hydroxylation is 2. The van der Waals surface area contributed by atoms with E-state index in [1.807, 2.05) is 30.3 Å². The Kier molecular flexibility index (Phi) is 5.25. The monoisotopic (exact) mass is 304 g/mol. The first kappa shape index (κ1) is 15.4. The Labute approximate surface area is 128 Å². The summed E-state index contributed by atoms with van der Waals surface area (Å²) < 4.78 is 0. The summed E-state index contributed by atoms with van der Waals surface area (Å²) >= 11 is 5.82. The number of aromatic nitrogens is 2. The van der Waals surface area contributed by atoms with Gasteiger partial charge in [-0.15, -0.1) is 0 Å². The summed E-state index contributed by atoms with van der Waals surface area (Å²) in [5.74, 6) is -0.132. The molecule has 0 radical (unpaired) electrons. The van der Waals surface area contributed by atoms with Gasteiger partial charge in [-0.1, -0.05) is 41.9 Å². The van der Waals surface area contributed by atoms with Crippen LogP contribution in [0.4, 0.5) is 5.95 Å². The van der Waals surface area contributed by atoms with Crippen molar-refractivity contribution in [3.8, 4) is 0 Å². The lowest BCUT2D eigenvalue weighted by Crippen LogP contribution is -2.36. The molecule has 0 spiro atoms. The van der Waals surface area contributed by atoms with Gasteiger partial charge in [0.1, 0.15) is 5.15 Å². The van der Waals surface area contributed by atoms with E-state index in [4.69, 9.17) is 17.3 Å². The highest BCUT2D eigenvalue weighted by Crippen LogP contribution is 2.10. The molecule has 21 heavy (non-hydrogen) atoms. The van der Waals surface area contributed by atoms with Crippen LogP contribution in [0.15, 0.2) is 36.4 Å². The molecule has 2 rings (SSSR count). The summed E-state index contributed by atoms with van der Waals surface area (Å²) in [6.45, 7) is 1.78. The number of hydrogen-bond acceptors (Lipinski definition) is 4. The van der Waals surface area contributed by atoms with Crippen molar-refractivity contribution in [3.63, 3.8) is 0 Å². The maximum atomic E-state index is 12.0. The van der Waals surface area contributed by atoms with Crippen LogP contribution < -0.4 is 11.1 Å². The Morgan fingerprint density at radius 2 is 2.05 bits per heavy atom. The first-order valence-corrected chi connectivity index (χ1v) is 7.04. The number of carbonyl (C=O) groups excluding carboxylic acids is 1. The normalized spacial score (nSPS) is 12.0. The smallest absolute Gasteiger partial charge is 0.243 e. The van der Waals surface area contributed by atoms with Crippen molar-refractivity contribution in [1.82, 2.24) is 9.97 Å². The van der Waals surface area contributed by atoms with E-state index in [0.717, 1.165) is 12.0 Å². The minimum Gasteiger partial charge on any atom is -0.320 e. The molecule has 3 N–H and O–H groups in total. The van der Waals surface area contributed by atoms with Gasteiger partial charge in [-0.2, -0.15) is 0 Å². The Morgan fingerprint density at radius 3 is 2.71 bits per heavy atom. The van der Waals surface area contributed by atoms with Crippen LogP contribution in [0.25, 0.3) is 0 Å². The lowest BCUT2D eigenvalue weighted by atomic mass is 10.1. The minimum atomic E-state index is -0.618. The third-order valence-corrected chi connectivity index (χ3v) is 3.18. The summed E-state index contributed by atoms with van der Waals surface area (Å²) in [6, 6.07) is 10.9. The highest BCUT2D eigenvalue weighted by atomic mass is 35.5. The van der Waals surface area contributed by atoms with Crippen molar-refractivity contribution >= 4 is 23.5 Å². The highest BCUT2D eigenvalue weighted by Gasteiger charge is 2.15. The van der Waals surface area contributed by atoms with E-state index in [0.29, 0.717) is 12.1 Å². The molecule has 0 fully saturated rings. The van der Waals surface area contributed by atoms with E-state index in [9.17, 15) is 4.79 Å². The van der Waals surface area contributed by atoms with Gasteiger partial charge in [0.15, 0.2) is 0 Å². The molecule has 1 heterocycles. The molecule has 1 aromatic heterocycles. The SMILES string of the molecule is Cc1cc(Cl)nc(NC(=O)C(N)CCc2ccccc2)n1. The number of rotatable bonds is 5. The second-order valence-electron chi connectivity index (χ2n) is 4.78. The number of amides is 1. The van der Waals surface area contributed by atoms with Crippen LogP contribution in [-0.2, 0) is 11.2 Å². The Bertz CT molecular complexity index is 598. The van der Waals surface area contributed by atoms with Gasteiger partial charge >= 0.3 is 0 Å². The minimum absolute atomic E-state index is 0.181. The predicted octanol–water partition coefficient (Wildman–Crippen LogP) is 2.34. The van der Waals surface area contributed by atoms with Crippen LogP contribution in [0.3, 0.4) is 0 Å². The molecular formula is C15H17ClN4O. The lowest BCUT2D eigenvalue weighted by Gasteiger charge is -2.11. The molecule has 0 aliphatic rings. The molecule has 0 aliphatic heterocycles. The average molecular weight is 305 g/mol. The summed E-state index contributed by atoms with van der Waals surface area (Å²) in [4.78, 5) is 20.0. The van der Waals surface area contributed by atoms with Gasteiger partial charge in [-0.05, 0) is 31.4 Å². The zero-order valence-electron chi connectivity index (χ0n) is 11.7. The number of nitrogens with one attached hydrogen (secondary N) is 1. The summed E-state index contributed by atoms with van der Waals surface area (Å²) in [5, 5.41) is 2.88. The second-order valence-corrected chi connectivity index (χ2v) is 5.16. The number of nitrogens with two attached hydrogens (primary N) is 1. The van der Waals surface area contributed by atoms with Crippen molar-refractivity contribution in [2.24, 2.45) is 5.73 Å². The maximum absolute atomic E-state index is 12.0. The largest absolute Gasteiger partial charge is 0.320 e. The molecule has 1 atom stereocenters. The number of carbonyl (C=O) groups is 1. The Balaban J connectivity index is 1.90. The van der Waals surface area contributed by atoms with E-state index < -0.39 is 6.04 Å². The maximum Gasteiger partial charge on any atom is 0.243 e. The fraction of sp³-hybridized carbons (Fsp3) is 0.267. The topological polar surface area (TPSA) is 80.9 Å². The van der Waals surface area contributed by atoms with Crippen LogP contribution >= 0.6 is 11.6 Å². The number of benzene rings is 1. The standard InChI is InChI=1S/C15H17ClN4O/c1-10-9-13(16)19-15(18-10)20-14(21)12(17)8-7-11-5-3-2-4-6-11/h2-6,9,12H,7-8,17H2,1H3,(H,18,19,20,21). The first-order valence-electron chi connectivity index (χ1n) is 6.66. The van der Waals surface area contributed by atoms with E-state index in [1.165, 1.54) is 0 Å². The number of anilines is 1. The first-order chi connectivity index (χ1) is 10.0. The zero-order chi connectivity index (χ0) is 15.2. The van der Waals surface area contributed by atoms with Crippen molar-refractivity contribution in [2.75, 3.05) is 5.32 Å². The molecule has 6 heteroatoms. The van der Waals surface area contributed by atoms with Crippen LogP contribution in [0.1, 0.15) is 17.7 Å². The van der Waals surface area contributed by atoms with E-state index in [1.54, 1.807) is 13.0 Å². The highest BCUT2D eigenvalue weighted by molar-refractivity contribution is 6.29. The summed E-state index contributed by atoms with van der Waals surface area (Å²) in [6.07, 6.45) is 1.29. The van der Waals surface area contributed by atoms with Gasteiger partial charge in [0.05, 0.1) is 6.04 Å². The molecule has 1 amide bonds. The van der Waals surface area contributed by atoms with Gasteiger partial charge in [0, 0.05) is 5.69 Å². The fourth-order valence-corrected chi connectivity index (χ4v) is 2.12. The lowest BCUT2D eigenvalue weighted by molar-refractivity contribution is -0.117. The van der Waals surface area contributed by atoms with Crippen LogP contribution in [-0.4, -0.2) is 21.9 Å². The van der Waals surface area contributed by atoms with Crippen molar-refractivity contribution in [2.45, 2.75) is 25.8 Å². The van der Waals surface area contributed by atoms with E-state index in [2.05, 4.69) is 15.3 Å². The average Bonchev–Trinajstić information content (AvgIpc) is 2.44. The number of hydrogen-bond donors (Lipinski definition) is 2. The van der Waals surface area contributed by atoms with Crippen LogP contribution in [0.5, 0.6) is 0 Å². The van der Waals surface area contributed by atoms with Crippen molar-refractivity contribution in [3.05, 3.63) is 52.8 Å². The molecule has 1 aromatic carbocycles. The number of halogens is 1. The van der Waals surface area contributed by atoms with Crippen LogP contribution in [0, 0.1) is 6.92 Å². The molecule has 0 aliphatic carbocycles. The third-order valence-electron chi connectivity index (χ3n) is 2.98. The molecule has 0 saturated heterocycles. The van der Waals surface area contributed by atoms with Gasteiger partial charge in [0.25, 0.3) is 0 Å². The molecular weight excluding hydrogens is 288 g/mol. The van der Waals surface area contributed by atoms with Gasteiger partial charge in [-0.3, -0.25) is 10.1 Å². The fourth-order valence-electron chi connectivity index (χ4n) is 1.89. The van der Waals surface area contributed by atoms with Crippen molar-refractivity contribution < 1.29 is 4.79 Å². The Hall–Kier alpha value is -1.98. The van der Waals surface area contributed by atoms with Gasteiger partial charge in [-0.25, -0.2) is 9.97 Å². The molecule has 5 nitrogen and oxygen atoms in total. The third kappa shape index (κ3) is 4.81. The van der Waals surface area contributed by atoms with Crippen molar-refractivity contribution in [1.29, 1.82) is 0 Å². The van der Waals surface area contributed by atoms with E-state index >= 15 is 0 Å². The van der Waals surface area contributed by atoms with Crippen LogP contribution in [0.2, 0.25) is 5.15 Å². The zero-order valence-corrected chi connectivity index (χ0v) is 12.5. The molecule has 1 unspecified atom stereocenters. The van der Waals surface area contributed by atoms with Gasteiger partial charge in [0.2, 0.25) is 11.9 Å². The Morgan fingerprint density at radius 1 is 1.33 bits per heavy atom. The molecule has 0 saturated carbocycles. The quantitative estimate of drug-likeness (QED) is 0.831. The summed E-state index contributed by atoms with van der Waals surface area (Å²) in [7, 11) is 0. The molecule has 2 aromatic rings. The van der Waals surface area contributed by atoms with Gasteiger partial charge < -0.3 is 5.73 Å². The molecule has 0 bridgehead atoms. The second kappa shape index (κ2) is 7.15. The number of nitrogens with zero attached hydrogens (tertiary/aromatic N) is 2. The van der Waals surface area contributed by atoms with E-state index in [-0.39, 0.29) is 17.0 Å². The summed E-state index contributed by atoms with van der Waals surface area (Å²) in [5.41, 5.74) is 7.72.